The van der Waals surface area contributed by atoms with E-state index in [1.54, 1.807) is 12.1 Å². The Morgan fingerprint density at radius 3 is 2.45 bits per heavy atom. The van der Waals surface area contributed by atoms with Crippen LogP contribution < -0.4 is 10.6 Å². The molecule has 0 fully saturated rings. The third-order valence-electron chi connectivity index (χ3n) is 3.04. The van der Waals surface area contributed by atoms with Gasteiger partial charge >= 0.3 is 6.03 Å². The van der Waals surface area contributed by atoms with E-state index >= 15 is 0 Å². The van der Waals surface area contributed by atoms with Gasteiger partial charge in [-0.05, 0) is 24.6 Å². The van der Waals surface area contributed by atoms with Crippen LogP contribution in [0.5, 0.6) is 0 Å². The number of nitrogens with one attached hydrogen (secondary N) is 2. The Bertz CT molecular complexity index is 687. The number of carbonyl (C=O) groups excluding carboxylic acids is 1. The normalized spacial score (nSPS) is 11.8. The summed E-state index contributed by atoms with van der Waals surface area (Å²) in [6, 6.07) is 8.66. The van der Waals surface area contributed by atoms with Crippen LogP contribution in [0, 0.1) is 11.3 Å². The number of carbonyl (C=O) groups is 1. The number of hydrogen-bond donors (Lipinski definition) is 2. The van der Waals surface area contributed by atoms with Gasteiger partial charge in [-0.1, -0.05) is 37.3 Å². The molecule has 7 heteroatoms. The molecule has 0 saturated carbocycles. The summed E-state index contributed by atoms with van der Waals surface area (Å²) in [5.74, 6) is 0.286. The van der Waals surface area contributed by atoms with Gasteiger partial charge in [-0.2, -0.15) is 5.26 Å². The molecule has 22 heavy (non-hydrogen) atoms. The molecular weight excluding hydrogens is 298 g/mol. The van der Waals surface area contributed by atoms with Crippen LogP contribution in [0.3, 0.4) is 0 Å². The zero-order chi connectivity index (χ0) is 16.1. The summed E-state index contributed by atoms with van der Waals surface area (Å²) < 4.78 is 0. The maximum absolute atomic E-state index is 12.0. The van der Waals surface area contributed by atoms with Gasteiger partial charge in [0.25, 0.3) is 0 Å². The van der Waals surface area contributed by atoms with Gasteiger partial charge in [0.05, 0.1) is 17.7 Å². The van der Waals surface area contributed by atoms with Gasteiger partial charge in [-0.15, -0.1) is 10.2 Å². The smallest absolute Gasteiger partial charge is 0.321 e. The molecule has 1 aromatic carbocycles. The summed E-state index contributed by atoms with van der Waals surface area (Å²) in [7, 11) is 0. The van der Waals surface area contributed by atoms with E-state index in [2.05, 4.69) is 26.9 Å². The third kappa shape index (κ3) is 4.02. The molecule has 2 aromatic rings. The number of hydrogen-bond acceptors (Lipinski definition) is 5. The highest BCUT2D eigenvalue weighted by atomic mass is 32.1. The van der Waals surface area contributed by atoms with Gasteiger partial charge in [-0.25, -0.2) is 4.79 Å². The zero-order valence-electron chi connectivity index (χ0n) is 12.6. The fourth-order valence-corrected chi connectivity index (χ4v) is 2.52. The van der Waals surface area contributed by atoms with Crippen molar-refractivity contribution in [3.8, 4) is 6.07 Å². The first-order valence-corrected chi connectivity index (χ1v) is 7.72. The van der Waals surface area contributed by atoms with Crippen LogP contribution in [-0.4, -0.2) is 16.2 Å². The lowest BCUT2D eigenvalue weighted by atomic mass is 10.1. The predicted molar refractivity (Wildman–Crippen MR) is 85.7 cm³/mol. The topological polar surface area (TPSA) is 90.7 Å². The number of benzene rings is 1. The lowest BCUT2D eigenvalue weighted by molar-refractivity contribution is 0.249. The van der Waals surface area contributed by atoms with Gasteiger partial charge in [-0.3, -0.25) is 5.32 Å². The molecule has 0 bridgehead atoms. The van der Waals surface area contributed by atoms with Crippen molar-refractivity contribution in [1.82, 2.24) is 15.5 Å². The predicted octanol–water partition coefficient (Wildman–Crippen LogP) is 3.42. The highest BCUT2D eigenvalue weighted by molar-refractivity contribution is 7.15. The first-order chi connectivity index (χ1) is 10.5. The lowest BCUT2D eigenvalue weighted by Gasteiger charge is -2.14. The van der Waals surface area contributed by atoms with Crippen molar-refractivity contribution in [2.75, 3.05) is 5.32 Å². The average molecular weight is 315 g/mol. The van der Waals surface area contributed by atoms with E-state index in [4.69, 9.17) is 5.26 Å². The van der Waals surface area contributed by atoms with Crippen LogP contribution >= 0.6 is 11.3 Å². The summed E-state index contributed by atoms with van der Waals surface area (Å²) in [6.07, 6.45) is 0. The number of rotatable bonds is 4. The second-order valence-corrected chi connectivity index (χ2v) is 6.16. The first-order valence-electron chi connectivity index (χ1n) is 6.90. The number of amides is 2. The molecule has 0 spiro atoms. The highest BCUT2D eigenvalue weighted by Gasteiger charge is 2.13. The van der Waals surface area contributed by atoms with E-state index in [0.717, 1.165) is 10.6 Å². The third-order valence-corrected chi connectivity index (χ3v) is 4.18. The van der Waals surface area contributed by atoms with Crippen molar-refractivity contribution in [3.05, 3.63) is 40.4 Å². The van der Waals surface area contributed by atoms with Crippen molar-refractivity contribution in [1.29, 1.82) is 5.26 Å². The van der Waals surface area contributed by atoms with Crippen molar-refractivity contribution >= 4 is 22.5 Å². The summed E-state index contributed by atoms with van der Waals surface area (Å²) in [6.45, 7) is 5.93. The quantitative estimate of drug-likeness (QED) is 0.904. The molecule has 0 aliphatic heterocycles. The summed E-state index contributed by atoms with van der Waals surface area (Å²) in [5.41, 5.74) is 1.52. The molecule has 2 N–H and O–H groups in total. The van der Waals surface area contributed by atoms with E-state index in [0.29, 0.717) is 10.7 Å². The summed E-state index contributed by atoms with van der Waals surface area (Å²) >= 11 is 1.37. The molecule has 1 atom stereocenters. The average Bonchev–Trinajstić information content (AvgIpc) is 2.95. The number of anilines is 1. The van der Waals surface area contributed by atoms with Crippen LogP contribution in [0.2, 0.25) is 0 Å². The van der Waals surface area contributed by atoms with E-state index in [1.165, 1.54) is 11.3 Å². The van der Waals surface area contributed by atoms with Crippen LogP contribution in [0.1, 0.15) is 48.9 Å². The Hall–Kier alpha value is -2.46. The Morgan fingerprint density at radius 1 is 1.23 bits per heavy atom. The molecule has 6 nitrogen and oxygen atoms in total. The second kappa shape index (κ2) is 7.00. The van der Waals surface area contributed by atoms with Crippen molar-refractivity contribution in [2.24, 2.45) is 0 Å². The molecule has 0 unspecified atom stereocenters. The van der Waals surface area contributed by atoms with Crippen LogP contribution in [0.4, 0.5) is 9.93 Å². The zero-order valence-corrected chi connectivity index (χ0v) is 13.4. The van der Waals surface area contributed by atoms with Gasteiger partial charge in [0.1, 0.15) is 5.01 Å². The standard InChI is InChI=1S/C15H17N5OS/c1-9(2)13-19-20-15(22-13)18-14(21)17-10(3)12-6-4-11(8-16)5-7-12/h4-7,9-10H,1-3H3,(H2,17,18,20,21)/t10-/m1/s1. The molecule has 114 valence electrons. The van der Waals surface area contributed by atoms with Crippen molar-refractivity contribution < 1.29 is 4.79 Å². The van der Waals surface area contributed by atoms with Gasteiger partial charge in [0.15, 0.2) is 0 Å². The molecule has 1 heterocycles. The molecule has 0 aliphatic rings. The number of nitriles is 1. The van der Waals surface area contributed by atoms with Crippen LogP contribution in [-0.2, 0) is 0 Å². The minimum Gasteiger partial charge on any atom is -0.331 e. The Balaban J connectivity index is 1.94. The molecule has 0 radical (unpaired) electrons. The Labute approximate surface area is 133 Å². The number of urea groups is 1. The molecule has 1 aromatic heterocycles. The Morgan fingerprint density at radius 2 is 1.91 bits per heavy atom. The first kappa shape index (κ1) is 15.9. The van der Waals surface area contributed by atoms with Gasteiger partial charge in [0, 0.05) is 5.92 Å². The number of nitrogens with zero attached hydrogens (tertiary/aromatic N) is 3. The summed E-state index contributed by atoms with van der Waals surface area (Å²) in [4.78, 5) is 12.0. The maximum Gasteiger partial charge on any atom is 0.321 e. The van der Waals surface area contributed by atoms with Crippen molar-refractivity contribution in [2.45, 2.75) is 32.7 Å². The minimum absolute atomic E-state index is 0.176. The van der Waals surface area contributed by atoms with E-state index in [1.807, 2.05) is 32.9 Å². The lowest BCUT2D eigenvalue weighted by Crippen LogP contribution is -2.31. The van der Waals surface area contributed by atoms with E-state index in [-0.39, 0.29) is 18.0 Å². The molecular formula is C15H17N5OS. The molecule has 0 aliphatic carbocycles. The van der Waals surface area contributed by atoms with Crippen molar-refractivity contribution in [3.63, 3.8) is 0 Å². The maximum atomic E-state index is 12.0. The highest BCUT2D eigenvalue weighted by Crippen LogP contribution is 2.22. The van der Waals surface area contributed by atoms with E-state index < -0.39 is 0 Å². The minimum atomic E-state index is -0.330. The monoisotopic (exact) mass is 315 g/mol. The fraction of sp³-hybridized carbons (Fsp3) is 0.333. The van der Waals surface area contributed by atoms with Gasteiger partial charge in [0.2, 0.25) is 5.13 Å². The Kier molecular flexibility index (Phi) is 5.07. The largest absolute Gasteiger partial charge is 0.331 e. The molecule has 2 amide bonds. The van der Waals surface area contributed by atoms with Gasteiger partial charge < -0.3 is 5.32 Å². The molecule has 0 saturated heterocycles. The SMILES string of the molecule is CC(C)c1nnc(NC(=O)N[C@H](C)c2ccc(C#N)cc2)s1. The second-order valence-electron chi connectivity index (χ2n) is 5.15. The van der Waals surface area contributed by atoms with Crippen LogP contribution in [0.15, 0.2) is 24.3 Å². The number of aromatic nitrogens is 2. The van der Waals surface area contributed by atoms with Crippen LogP contribution in [0.25, 0.3) is 0 Å². The molecule has 2 rings (SSSR count). The fourth-order valence-electron chi connectivity index (χ4n) is 1.78. The summed E-state index contributed by atoms with van der Waals surface area (Å²) in [5, 5.41) is 23.6. The van der Waals surface area contributed by atoms with E-state index in [9.17, 15) is 4.79 Å².